The molecule has 0 radical (unpaired) electrons. The second-order valence-corrected chi connectivity index (χ2v) is 7.75. The standard InChI is InChI=1S/C14H12Br2O3S/c1-18-10-4-2-3-9(5-10)7-19-8-12(17)11-6-13(15)20-14(11)16/h2-6H,7-8H2,1H3. The molecule has 1 aromatic heterocycles. The van der Waals surface area contributed by atoms with Gasteiger partial charge in [-0.25, -0.2) is 0 Å². The van der Waals surface area contributed by atoms with Crippen LogP contribution in [0.1, 0.15) is 15.9 Å². The summed E-state index contributed by atoms with van der Waals surface area (Å²) in [6.07, 6.45) is 0. The van der Waals surface area contributed by atoms with Gasteiger partial charge in [-0.05, 0) is 55.6 Å². The van der Waals surface area contributed by atoms with Crippen LogP contribution in [0.5, 0.6) is 5.75 Å². The highest BCUT2D eigenvalue weighted by molar-refractivity contribution is 9.12. The number of rotatable bonds is 6. The molecular weight excluding hydrogens is 408 g/mol. The third-order valence-electron chi connectivity index (χ3n) is 2.59. The van der Waals surface area contributed by atoms with E-state index in [1.165, 1.54) is 11.3 Å². The van der Waals surface area contributed by atoms with Gasteiger partial charge in [-0.1, -0.05) is 12.1 Å². The summed E-state index contributed by atoms with van der Waals surface area (Å²) < 4.78 is 12.3. The van der Waals surface area contributed by atoms with Crippen molar-refractivity contribution in [2.45, 2.75) is 6.61 Å². The van der Waals surface area contributed by atoms with Gasteiger partial charge in [0.2, 0.25) is 0 Å². The summed E-state index contributed by atoms with van der Waals surface area (Å²) in [5, 5.41) is 0. The molecule has 3 nitrogen and oxygen atoms in total. The van der Waals surface area contributed by atoms with E-state index in [2.05, 4.69) is 31.9 Å². The summed E-state index contributed by atoms with van der Waals surface area (Å²) in [5.41, 5.74) is 1.62. The van der Waals surface area contributed by atoms with Gasteiger partial charge in [0.05, 0.1) is 21.3 Å². The van der Waals surface area contributed by atoms with E-state index in [0.29, 0.717) is 12.2 Å². The van der Waals surface area contributed by atoms with E-state index in [-0.39, 0.29) is 12.4 Å². The highest BCUT2D eigenvalue weighted by Crippen LogP contribution is 2.32. The number of carbonyl (C=O) groups is 1. The first-order valence-electron chi connectivity index (χ1n) is 5.79. The number of halogens is 2. The van der Waals surface area contributed by atoms with Crippen LogP contribution in [-0.4, -0.2) is 19.5 Å². The number of carbonyl (C=O) groups excluding carboxylic acids is 1. The fourth-order valence-corrected chi connectivity index (χ4v) is 4.49. The van der Waals surface area contributed by atoms with Gasteiger partial charge in [0.25, 0.3) is 0 Å². The summed E-state index contributed by atoms with van der Waals surface area (Å²) in [4.78, 5) is 12.0. The van der Waals surface area contributed by atoms with Gasteiger partial charge >= 0.3 is 0 Å². The average Bonchev–Trinajstić information content (AvgIpc) is 2.78. The number of ketones is 1. The van der Waals surface area contributed by atoms with Gasteiger partial charge in [-0.3, -0.25) is 4.79 Å². The maximum atomic E-state index is 12.0. The molecule has 0 N–H and O–H groups in total. The molecule has 1 heterocycles. The highest BCUT2D eigenvalue weighted by atomic mass is 79.9. The van der Waals surface area contributed by atoms with E-state index in [1.807, 2.05) is 24.3 Å². The van der Waals surface area contributed by atoms with Crippen LogP contribution in [0, 0.1) is 0 Å². The van der Waals surface area contributed by atoms with Crippen LogP contribution >= 0.6 is 43.2 Å². The van der Waals surface area contributed by atoms with Crippen molar-refractivity contribution in [3.8, 4) is 5.75 Å². The van der Waals surface area contributed by atoms with Crippen molar-refractivity contribution >= 4 is 49.0 Å². The predicted molar refractivity (Wildman–Crippen MR) is 86.7 cm³/mol. The third kappa shape index (κ3) is 4.15. The molecule has 0 spiro atoms. The van der Waals surface area contributed by atoms with Gasteiger partial charge in [0.15, 0.2) is 5.78 Å². The Morgan fingerprint density at radius 2 is 2.10 bits per heavy atom. The lowest BCUT2D eigenvalue weighted by Gasteiger charge is -2.05. The van der Waals surface area contributed by atoms with E-state index in [0.717, 1.165) is 18.9 Å². The minimum Gasteiger partial charge on any atom is -0.497 e. The quantitative estimate of drug-likeness (QED) is 0.637. The molecule has 0 atom stereocenters. The lowest BCUT2D eigenvalue weighted by atomic mass is 10.2. The molecule has 0 fully saturated rings. The van der Waals surface area contributed by atoms with E-state index >= 15 is 0 Å². The number of hydrogen-bond donors (Lipinski definition) is 0. The second-order valence-electron chi connectivity index (χ2n) is 4.01. The lowest BCUT2D eigenvalue weighted by Crippen LogP contribution is -2.08. The van der Waals surface area contributed by atoms with Crippen molar-refractivity contribution in [1.29, 1.82) is 0 Å². The Labute approximate surface area is 138 Å². The zero-order valence-corrected chi connectivity index (χ0v) is 14.7. The van der Waals surface area contributed by atoms with Gasteiger partial charge in [-0.2, -0.15) is 0 Å². The Balaban J connectivity index is 1.89. The van der Waals surface area contributed by atoms with Crippen LogP contribution in [0.25, 0.3) is 0 Å². The van der Waals surface area contributed by atoms with Gasteiger partial charge in [0.1, 0.15) is 12.4 Å². The number of benzene rings is 1. The first kappa shape index (κ1) is 15.7. The van der Waals surface area contributed by atoms with Crippen molar-refractivity contribution in [3.63, 3.8) is 0 Å². The molecule has 20 heavy (non-hydrogen) atoms. The van der Waals surface area contributed by atoms with Crippen LogP contribution in [0.2, 0.25) is 0 Å². The molecule has 6 heteroatoms. The van der Waals surface area contributed by atoms with Crippen LogP contribution in [-0.2, 0) is 11.3 Å². The molecule has 2 aromatic rings. The fourth-order valence-electron chi connectivity index (χ4n) is 1.63. The van der Waals surface area contributed by atoms with Crippen molar-refractivity contribution in [2.75, 3.05) is 13.7 Å². The third-order valence-corrected chi connectivity index (χ3v) is 4.93. The van der Waals surface area contributed by atoms with Crippen molar-refractivity contribution in [1.82, 2.24) is 0 Å². The average molecular weight is 420 g/mol. The van der Waals surface area contributed by atoms with Crippen LogP contribution in [0.4, 0.5) is 0 Å². The van der Waals surface area contributed by atoms with Gasteiger partial charge < -0.3 is 9.47 Å². The zero-order chi connectivity index (χ0) is 14.5. The first-order valence-corrected chi connectivity index (χ1v) is 8.19. The van der Waals surface area contributed by atoms with Crippen molar-refractivity contribution in [3.05, 3.63) is 49.0 Å². The summed E-state index contributed by atoms with van der Waals surface area (Å²) in [6.45, 7) is 0.435. The summed E-state index contributed by atoms with van der Waals surface area (Å²) in [5.74, 6) is 0.739. The fraction of sp³-hybridized carbons (Fsp3) is 0.214. The minimum atomic E-state index is -0.0401. The molecule has 0 aliphatic heterocycles. The van der Waals surface area contributed by atoms with E-state index in [1.54, 1.807) is 13.2 Å². The molecule has 0 bridgehead atoms. The topological polar surface area (TPSA) is 35.5 Å². The first-order chi connectivity index (χ1) is 9.60. The Morgan fingerprint density at radius 1 is 1.30 bits per heavy atom. The molecule has 0 unspecified atom stereocenters. The largest absolute Gasteiger partial charge is 0.497 e. The monoisotopic (exact) mass is 418 g/mol. The molecule has 0 aliphatic rings. The van der Waals surface area contributed by atoms with Gasteiger partial charge in [-0.15, -0.1) is 11.3 Å². The van der Waals surface area contributed by atoms with E-state index in [9.17, 15) is 4.79 Å². The van der Waals surface area contributed by atoms with E-state index in [4.69, 9.17) is 9.47 Å². The molecule has 0 amide bonds. The molecule has 0 aliphatic carbocycles. The smallest absolute Gasteiger partial charge is 0.190 e. The maximum Gasteiger partial charge on any atom is 0.190 e. The SMILES string of the molecule is COc1cccc(COCC(=O)c2cc(Br)sc2Br)c1. The lowest BCUT2D eigenvalue weighted by molar-refractivity contribution is 0.0726. The number of ether oxygens (including phenoxy) is 2. The number of methoxy groups -OCH3 is 1. The van der Waals surface area contributed by atoms with Crippen LogP contribution in [0.15, 0.2) is 37.9 Å². The Kier molecular flexibility index (Phi) is 5.77. The Morgan fingerprint density at radius 3 is 2.75 bits per heavy atom. The number of hydrogen-bond acceptors (Lipinski definition) is 4. The molecule has 106 valence electrons. The van der Waals surface area contributed by atoms with Crippen LogP contribution < -0.4 is 4.74 Å². The minimum absolute atomic E-state index is 0.0401. The summed E-state index contributed by atoms with van der Waals surface area (Å²) >= 11 is 8.20. The zero-order valence-electron chi connectivity index (χ0n) is 10.7. The highest BCUT2D eigenvalue weighted by Gasteiger charge is 2.13. The van der Waals surface area contributed by atoms with Gasteiger partial charge in [0, 0.05) is 5.56 Å². The molecule has 0 saturated carbocycles. The molecule has 1 aromatic carbocycles. The second kappa shape index (κ2) is 7.36. The molecule has 2 rings (SSSR count). The normalized spacial score (nSPS) is 10.6. The summed E-state index contributed by atoms with van der Waals surface area (Å²) in [6, 6.07) is 9.39. The predicted octanol–water partition coefficient (Wildman–Crippen LogP) is 4.68. The van der Waals surface area contributed by atoms with Crippen molar-refractivity contribution in [2.24, 2.45) is 0 Å². The van der Waals surface area contributed by atoms with Crippen molar-refractivity contribution < 1.29 is 14.3 Å². The number of Topliss-reactive ketones (excluding diaryl/α,β-unsaturated/α-hetero) is 1. The summed E-state index contributed by atoms with van der Waals surface area (Å²) in [7, 11) is 1.62. The maximum absolute atomic E-state index is 12.0. The van der Waals surface area contributed by atoms with E-state index < -0.39 is 0 Å². The molecular formula is C14H12Br2O3S. The van der Waals surface area contributed by atoms with Crippen LogP contribution in [0.3, 0.4) is 0 Å². The number of thiophene rings is 1. The Hall–Kier alpha value is -0.690. The molecule has 0 saturated heterocycles. The Bertz CT molecular complexity index is 610.